The smallest absolute Gasteiger partial charge is 0.122 e. The van der Waals surface area contributed by atoms with Crippen LogP contribution < -0.4 is 0 Å². The second-order valence-electron chi connectivity index (χ2n) is 4.37. The molecule has 0 amide bonds. The van der Waals surface area contributed by atoms with Crippen LogP contribution in [0.25, 0.3) is 0 Å². The lowest BCUT2D eigenvalue weighted by Gasteiger charge is -2.25. The minimum Gasteiger partial charge on any atom is -0.508 e. The Morgan fingerprint density at radius 3 is 2.75 bits per heavy atom. The molecule has 2 N–H and O–H groups in total. The molecule has 1 aromatic rings. The zero-order chi connectivity index (χ0) is 11.5. The van der Waals surface area contributed by atoms with E-state index in [1.54, 1.807) is 12.1 Å². The molecule has 2 atom stereocenters. The van der Waals surface area contributed by atoms with Gasteiger partial charge in [-0.25, -0.2) is 0 Å². The van der Waals surface area contributed by atoms with Gasteiger partial charge in [0, 0.05) is 6.07 Å². The molecular weight excluding hydrogens is 206 g/mol. The van der Waals surface area contributed by atoms with Gasteiger partial charge in [-0.2, -0.15) is 4.91 Å². The third-order valence-corrected chi connectivity index (χ3v) is 3.25. The van der Waals surface area contributed by atoms with Gasteiger partial charge in [0.2, 0.25) is 0 Å². The summed E-state index contributed by atoms with van der Waals surface area (Å²) in [5, 5.41) is 22.0. The molecule has 0 bridgehead atoms. The highest BCUT2D eigenvalue weighted by atomic mass is 16.3. The van der Waals surface area contributed by atoms with Crippen molar-refractivity contribution in [3.8, 4) is 11.5 Å². The van der Waals surface area contributed by atoms with Crippen molar-refractivity contribution < 1.29 is 10.2 Å². The maximum Gasteiger partial charge on any atom is 0.122 e. The van der Waals surface area contributed by atoms with Crippen molar-refractivity contribution >= 4 is 0 Å². The minimum atomic E-state index is -0.132. The summed E-state index contributed by atoms with van der Waals surface area (Å²) in [4.78, 5) is 10.5. The Morgan fingerprint density at radius 2 is 2.06 bits per heavy atom. The number of hydrogen-bond donors (Lipinski definition) is 2. The average molecular weight is 221 g/mol. The summed E-state index contributed by atoms with van der Waals surface area (Å²) in [5.41, 5.74) is 0.811. The maximum atomic E-state index is 10.5. The number of nitroso groups, excluding NO2 is 1. The summed E-state index contributed by atoms with van der Waals surface area (Å²) in [6, 6.07) is 4.50. The first-order chi connectivity index (χ1) is 7.70. The normalized spacial score (nSPS) is 25.2. The molecule has 16 heavy (non-hydrogen) atoms. The summed E-state index contributed by atoms with van der Waals surface area (Å²) in [6.07, 6.45) is 3.46. The Morgan fingerprint density at radius 1 is 1.25 bits per heavy atom. The predicted molar refractivity (Wildman–Crippen MR) is 60.6 cm³/mol. The van der Waals surface area contributed by atoms with E-state index in [4.69, 9.17) is 0 Å². The number of benzene rings is 1. The van der Waals surface area contributed by atoms with Crippen LogP contribution in [0.5, 0.6) is 11.5 Å². The van der Waals surface area contributed by atoms with Crippen LogP contribution in [-0.4, -0.2) is 16.3 Å². The lowest BCUT2D eigenvalue weighted by molar-refractivity contribution is 0.377. The maximum absolute atomic E-state index is 10.5. The van der Waals surface area contributed by atoms with Crippen molar-refractivity contribution in [1.29, 1.82) is 0 Å². The van der Waals surface area contributed by atoms with Gasteiger partial charge in [0.1, 0.15) is 11.5 Å². The van der Waals surface area contributed by atoms with E-state index in [-0.39, 0.29) is 23.5 Å². The van der Waals surface area contributed by atoms with Gasteiger partial charge >= 0.3 is 0 Å². The van der Waals surface area contributed by atoms with E-state index in [9.17, 15) is 15.1 Å². The summed E-state index contributed by atoms with van der Waals surface area (Å²) in [7, 11) is 0. The first-order valence-corrected chi connectivity index (χ1v) is 5.55. The highest BCUT2D eigenvalue weighted by Gasteiger charge is 2.25. The highest BCUT2D eigenvalue weighted by Crippen LogP contribution is 2.39. The van der Waals surface area contributed by atoms with Crippen LogP contribution in [0.2, 0.25) is 0 Å². The molecule has 1 saturated carbocycles. The van der Waals surface area contributed by atoms with Crippen LogP contribution in [0, 0.1) is 4.91 Å². The Bertz CT molecular complexity index is 392. The van der Waals surface area contributed by atoms with E-state index in [1.807, 2.05) is 0 Å². The Hall–Kier alpha value is -1.58. The fraction of sp³-hybridized carbons (Fsp3) is 0.500. The Kier molecular flexibility index (Phi) is 3.08. The molecule has 1 fully saturated rings. The molecule has 86 valence electrons. The first kappa shape index (κ1) is 10.9. The monoisotopic (exact) mass is 221 g/mol. The zero-order valence-electron chi connectivity index (χ0n) is 8.97. The molecule has 4 heteroatoms. The topological polar surface area (TPSA) is 69.9 Å². The van der Waals surface area contributed by atoms with E-state index in [1.165, 1.54) is 6.07 Å². The summed E-state index contributed by atoms with van der Waals surface area (Å²) >= 11 is 0. The van der Waals surface area contributed by atoms with E-state index >= 15 is 0 Å². The Balaban J connectivity index is 2.19. The van der Waals surface area contributed by atoms with E-state index < -0.39 is 0 Å². The van der Waals surface area contributed by atoms with Gasteiger partial charge in [0.15, 0.2) is 0 Å². The van der Waals surface area contributed by atoms with Gasteiger partial charge < -0.3 is 10.2 Å². The lowest BCUT2D eigenvalue weighted by Crippen LogP contribution is -2.16. The van der Waals surface area contributed by atoms with Crippen LogP contribution >= 0.6 is 0 Å². The average Bonchev–Trinajstić information content (AvgIpc) is 2.29. The van der Waals surface area contributed by atoms with Gasteiger partial charge in [-0.15, -0.1) is 0 Å². The van der Waals surface area contributed by atoms with Gasteiger partial charge in [-0.3, -0.25) is 0 Å². The highest BCUT2D eigenvalue weighted by molar-refractivity contribution is 5.41. The predicted octanol–water partition coefficient (Wildman–Crippen LogP) is 2.89. The van der Waals surface area contributed by atoms with Crippen LogP contribution in [-0.2, 0) is 0 Å². The molecule has 0 heterocycles. The second kappa shape index (κ2) is 4.51. The minimum absolute atomic E-state index is 0.0575. The van der Waals surface area contributed by atoms with Crippen molar-refractivity contribution in [3.05, 3.63) is 28.7 Å². The van der Waals surface area contributed by atoms with Gasteiger partial charge in [0.25, 0.3) is 0 Å². The molecule has 1 aliphatic rings. The number of rotatable bonds is 2. The standard InChI is InChI=1S/C12H15NO3/c14-10-4-5-11(12(15)7-10)8-2-1-3-9(6-8)13-16/h4-5,7-9,14-15H,1-3,6H2. The van der Waals surface area contributed by atoms with Crippen LogP contribution in [0.3, 0.4) is 0 Å². The zero-order valence-corrected chi connectivity index (χ0v) is 8.97. The SMILES string of the molecule is O=NC1CCCC(c2ccc(O)cc2O)C1. The summed E-state index contributed by atoms with van der Waals surface area (Å²) in [5.74, 6) is 0.343. The lowest BCUT2D eigenvalue weighted by atomic mass is 9.81. The molecule has 4 nitrogen and oxygen atoms in total. The van der Waals surface area contributed by atoms with Crippen molar-refractivity contribution in [1.82, 2.24) is 0 Å². The van der Waals surface area contributed by atoms with E-state index in [0.29, 0.717) is 6.42 Å². The number of phenols is 2. The molecule has 0 aliphatic heterocycles. The molecule has 2 unspecified atom stereocenters. The van der Waals surface area contributed by atoms with Crippen LogP contribution in [0.15, 0.2) is 23.4 Å². The first-order valence-electron chi connectivity index (χ1n) is 5.55. The largest absolute Gasteiger partial charge is 0.508 e. The van der Waals surface area contributed by atoms with Gasteiger partial charge in [-0.1, -0.05) is 17.7 Å². The molecule has 2 rings (SSSR count). The van der Waals surface area contributed by atoms with Crippen molar-refractivity contribution in [3.63, 3.8) is 0 Å². The Labute approximate surface area is 93.9 Å². The number of nitrogens with zero attached hydrogens (tertiary/aromatic N) is 1. The fourth-order valence-electron chi connectivity index (χ4n) is 2.42. The molecule has 1 aromatic carbocycles. The molecule has 1 aliphatic carbocycles. The second-order valence-corrected chi connectivity index (χ2v) is 4.37. The number of phenolic OH excluding ortho intramolecular Hbond substituents is 2. The van der Waals surface area contributed by atoms with Crippen LogP contribution in [0.1, 0.15) is 37.2 Å². The summed E-state index contributed by atoms with van der Waals surface area (Å²) < 4.78 is 0. The number of hydrogen-bond acceptors (Lipinski definition) is 4. The molecule has 0 radical (unpaired) electrons. The van der Waals surface area contributed by atoms with Crippen molar-refractivity contribution in [2.75, 3.05) is 0 Å². The van der Waals surface area contributed by atoms with E-state index in [0.717, 1.165) is 24.8 Å². The van der Waals surface area contributed by atoms with Gasteiger partial charge in [0.05, 0.1) is 6.04 Å². The number of aromatic hydroxyl groups is 2. The summed E-state index contributed by atoms with van der Waals surface area (Å²) in [6.45, 7) is 0. The third-order valence-electron chi connectivity index (χ3n) is 3.25. The molecule has 0 saturated heterocycles. The quantitative estimate of drug-likeness (QED) is 0.754. The molecule has 0 spiro atoms. The van der Waals surface area contributed by atoms with Gasteiger partial charge in [-0.05, 0) is 36.8 Å². The van der Waals surface area contributed by atoms with Crippen molar-refractivity contribution in [2.24, 2.45) is 5.18 Å². The van der Waals surface area contributed by atoms with Crippen molar-refractivity contribution in [2.45, 2.75) is 37.6 Å². The third kappa shape index (κ3) is 2.15. The van der Waals surface area contributed by atoms with Crippen LogP contribution in [0.4, 0.5) is 0 Å². The molecular formula is C12H15NO3. The van der Waals surface area contributed by atoms with E-state index in [2.05, 4.69) is 5.18 Å². The fourth-order valence-corrected chi connectivity index (χ4v) is 2.42. The molecule has 0 aromatic heterocycles.